The fraction of sp³-hybridized carbons (Fsp3) is 1.00. The number of likely N-dealkylation sites (tertiary alicyclic amines) is 1. The Morgan fingerprint density at radius 1 is 1.55 bits per heavy atom. The zero-order valence-corrected chi connectivity index (χ0v) is 8.94. The van der Waals surface area contributed by atoms with Gasteiger partial charge in [-0.2, -0.15) is 0 Å². The highest BCUT2D eigenvalue weighted by atomic mass is 79.9. The summed E-state index contributed by atoms with van der Waals surface area (Å²) in [5.41, 5.74) is 0. The minimum atomic E-state index is 0.999. The summed E-state index contributed by atoms with van der Waals surface area (Å²) in [5, 5.41) is 1.13. The van der Waals surface area contributed by atoms with E-state index in [-0.39, 0.29) is 0 Å². The van der Waals surface area contributed by atoms with Crippen LogP contribution >= 0.6 is 15.9 Å². The molecule has 0 N–H and O–H groups in total. The number of rotatable bonds is 4. The van der Waals surface area contributed by atoms with E-state index in [1.54, 1.807) is 0 Å². The van der Waals surface area contributed by atoms with E-state index in [0.717, 1.165) is 11.2 Å². The molecule has 0 aliphatic carbocycles. The summed E-state index contributed by atoms with van der Waals surface area (Å²) in [7, 11) is 0. The van der Waals surface area contributed by atoms with Crippen LogP contribution in [0.25, 0.3) is 0 Å². The standard InChI is InChI=1S/C9H18BrN/c1-2-3-9-4-6-11(8-9)7-5-10/h9H,2-8H2,1H3. The Hall–Kier alpha value is 0.440. The molecule has 1 rings (SSSR count). The Labute approximate surface area is 78.3 Å². The maximum Gasteiger partial charge on any atom is 0.0159 e. The number of halogens is 1. The van der Waals surface area contributed by atoms with Crippen LogP contribution in [0.4, 0.5) is 0 Å². The Morgan fingerprint density at radius 2 is 2.36 bits per heavy atom. The molecule has 1 heterocycles. The van der Waals surface area contributed by atoms with Crippen molar-refractivity contribution >= 4 is 15.9 Å². The van der Waals surface area contributed by atoms with Crippen molar-refractivity contribution in [1.82, 2.24) is 4.90 Å². The van der Waals surface area contributed by atoms with Crippen LogP contribution in [-0.2, 0) is 0 Å². The summed E-state index contributed by atoms with van der Waals surface area (Å²) in [6, 6.07) is 0. The quantitative estimate of drug-likeness (QED) is 0.658. The van der Waals surface area contributed by atoms with Crippen molar-refractivity contribution in [3.63, 3.8) is 0 Å². The van der Waals surface area contributed by atoms with Gasteiger partial charge in [-0.05, 0) is 25.3 Å². The van der Waals surface area contributed by atoms with Gasteiger partial charge in [0, 0.05) is 18.4 Å². The molecule has 1 atom stereocenters. The molecule has 1 fully saturated rings. The van der Waals surface area contributed by atoms with Gasteiger partial charge >= 0.3 is 0 Å². The predicted octanol–water partition coefficient (Wildman–Crippen LogP) is 2.50. The van der Waals surface area contributed by atoms with Crippen LogP contribution in [0.2, 0.25) is 0 Å². The molecule has 1 aliphatic rings. The molecule has 0 bridgehead atoms. The molecule has 1 aliphatic heterocycles. The van der Waals surface area contributed by atoms with E-state index >= 15 is 0 Å². The first kappa shape index (κ1) is 9.53. The second-order valence-electron chi connectivity index (χ2n) is 3.43. The fourth-order valence-electron chi connectivity index (χ4n) is 1.88. The molecule has 1 nitrogen and oxygen atoms in total. The zero-order valence-electron chi connectivity index (χ0n) is 7.35. The third kappa shape index (κ3) is 3.12. The van der Waals surface area contributed by atoms with Gasteiger partial charge in [-0.3, -0.25) is 0 Å². The van der Waals surface area contributed by atoms with E-state index < -0.39 is 0 Å². The van der Waals surface area contributed by atoms with Gasteiger partial charge in [0.1, 0.15) is 0 Å². The van der Waals surface area contributed by atoms with E-state index in [9.17, 15) is 0 Å². The average molecular weight is 220 g/mol. The lowest BCUT2D eigenvalue weighted by Gasteiger charge is -2.13. The Kier molecular flexibility index (Phi) is 4.46. The van der Waals surface area contributed by atoms with Gasteiger partial charge in [0.25, 0.3) is 0 Å². The van der Waals surface area contributed by atoms with Crippen LogP contribution in [0.5, 0.6) is 0 Å². The second-order valence-corrected chi connectivity index (χ2v) is 4.23. The van der Waals surface area contributed by atoms with E-state index in [1.165, 1.54) is 38.9 Å². The monoisotopic (exact) mass is 219 g/mol. The third-order valence-corrected chi connectivity index (χ3v) is 2.82. The number of hydrogen-bond donors (Lipinski definition) is 0. The normalized spacial score (nSPS) is 26.2. The molecule has 2 heteroatoms. The summed E-state index contributed by atoms with van der Waals surface area (Å²) in [6.07, 6.45) is 4.21. The van der Waals surface area contributed by atoms with E-state index in [0.29, 0.717) is 0 Å². The minimum Gasteiger partial charge on any atom is -0.302 e. The van der Waals surface area contributed by atoms with Crippen molar-refractivity contribution in [3.8, 4) is 0 Å². The molecule has 0 saturated carbocycles. The molecule has 11 heavy (non-hydrogen) atoms. The van der Waals surface area contributed by atoms with Gasteiger partial charge in [-0.25, -0.2) is 0 Å². The van der Waals surface area contributed by atoms with Crippen LogP contribution in [0, 0.1) is 5.92 Å². The van der Waals surface area contributed by atoms with Crippen molar-refractivity contribution in [3.05, 3.63) is 0 Å². The van der Waals surface area contributed by atoms with Crippen molar-refractivity contribution in [2.24, 2.45) is 5.92 Å². The molecule has 0 amide bonds. The SMILES string of the molecule is CCCC1CCN(CCBr)C1. The number of hydrogen-bond acceptors (Lipinski definition) is 1. The molecular formula is C9H18BrN. The van der Waals surface area contributed by atoms with Crippen molar-refractivity contribution in [1.29, 1.82) is 0 Å². The summed E-state index contributed by atoms with van der Waals surface area (Å²) >= 11 is 3.48. The van der Waals surface area contributed by atoms with Gasteiger partial charge in [-0.15, -0.1) is 0 Å². The van der Waals surface area contributed by atoms with Crippen LogP contribution < -0.4 is 0 Å². The average Bonchev–Trinajstić information content (AvgIpc) is 2.38. The van der Waals surface area contributed by atoms with Gasteiger partial charge < -0.3 is 4.90 Å². The van der Waals surface area contributed by atoms with E-state index in [4.69, 9.17) is 0 Å². The molecule has 1 saturated heterocycles. The molecule has 0 aromatic heterocycles. The zero-order chi connectivity index (χ0) is 8.10. The molecule has 0 spiro atoms. The number of nitrogens with zero attached hydrogens (tertiary/aromatic N) is 1. The number of alkyl halides is 1. The van der Waals surface area contributed by atoms with Gasteiger partial charge in [-0.1, -0.05) is 29.3 Å². The lowest BCUT2D eigenvalue weighted by Crippen LogP contribution is -2.22. The van der Waals surface area contributed by atoms with E-state index in [2.05, 4.69) is 27.8 Å². The van der Waals surface area contributed by atoms with Crippen LogP contribution in [0.1, 0.15) is 26.2 Å². The second kappa shape index (κ2) is 5.15. The van der Waals surface area contributed by atoms with Gasteiger partial charge in [0.2, 0.25) is 0 Å². The first-order valence-corrected chi connectivity index (χ1v) is 5.77. The Morgan fingerprint density at radius 3 is 3.00 bits per heavy atom. The lowest BCUT2D eigenvalue weighted by atomic mass is 10.0. The third-order valence-electron chi connectivity index (χ3n) is 2.47. The highest BCUT2D eigenvalue weighted by Gasteiger charge is 2.20. The van der Waals surface area contributed by atoms with Gasteiger partial charge in [0.05, 0.1) is 0 Å². The molecule has 0 aromatic rings. The maximum atomic E-state index is 3.48. The van der Waals surface area contributed by atoms with Gasteiger partial charge in [0.15, 0.2) is 0 Å². The fourth-order valence-corrected chi connectivity index (χ4v) is 2.38. The largest absolute Gasteiger partial charge is 0.302 e. The smallest absolute Gasteiger partial charge is 0.0159 e. The maximum absolute atomic E-state index is 3.48. The summed E-state index contributed by atoms with van der Waals surface area (Å²) in [4.78, 5) is 2.56. The summed E-state index contributed by atoms with van der Waals surface area (Å²) in [6.45, 7) is 6.20. The highest BCUT2D eigenvalue weighted by Crippen LogP contribution is 2.20. The van der Waals surface area contributed by atoms with E-state index in [1.807, 2.05) is 0 Å². The van der Waals surface area contributed by atoms with Crippen molar-refractivity contribution in [2.75, 3.05) is 25.0 Å². The highest BCUT2D eigenvalue weighted by molar-refractivity contribution is 9.09. The Balaban J connectivity index is 2.12. The molecule has 0 aromatic carbocycles. The molecule has 66 valence electrons. The predicted molar refractivity (Wildman–Crippen MR) is 53.2 cm³/mol. The summed E-state index contributed by atoms with van der Waals surface area (Å²) in [5.74, 6) is 0.999. The lowest BCUT2D eigenvalue weighted by molar-refractivity contribution is 0.341. The molecule has 1 unspecified atom stereocenters. The van der Waals surface area contributed by atoms with Crippen LogP contribution in [-0.4, -0.2) is 29.9 Å². The summed E-state index contributed by atoms with van der Waals surface area (Å²) < 4.78 is 0. The first-order chi connectivity index (χ1) is 5.36. The molecular weight excluding hydrogens is 202 g/mol. The topological polar surface area (TPSA) is 3.24 Å². The van der Waals surface area contributed by atoms with Crippen molar-refractivity contribution in [2.45, 2.75) is 26.2 Å². The first-order valence-electron chi connectivity index (χ1n) is 4.65. The Bertz CT molecular complexity index is 93.7. The molecule has 0 radical (unpaired) electrons. The van der Waals surface area contributed by atoms with Crippen LogP contribution in [0.3, 0.4) is 0 Å². The minimum absolute atomic E-state index is 0.999. The van der Waals surface area contributed by atoms with Crippen LogP contribution in [0.15, 0.2) is 0 Å². The van der Waals surface area contributed by atoms with Crippen molar-refractivity contribution < 1.29 is 0 Å².